The van der Waals surface area contributed by atoms with Crippen molar-refractivity contribution < 1.29 is 22.7 Å². The third-order valence-electron chi connectivity index (χ3n) is 4.42. The normalized spacial score (nSPS) is 14.0. The molecule has 2 aromatic carbocycles. The Hall–Kier alpha value is -2.78. The van der Waals surface area contributed by atoms with Gasteiger partial charge in [0.25, 0.3) is 5.91 Å². The summed E-state index contributed by atoms with van der Waals surface area (Å²) < 4.78 is 29.3. The molecule has 0 aromatic heterocycles. The van der Waals surface area contributed by atoms with E-state index >= 15 is 0 Å². The molecule has 0 spiro atoms. The molecule has 1 N–H and O–H groups in total. The monoisotopic (exact) mass is 437 g/mol. The second-order valence-electron chi connectivity index (χ2n) is 6.45. The summed E-state index contributed by atoms with van der Waals surface area (Å²) in [5.74, 6) is -0.140. The average molecular weight is 438 g/mol. The molecule has 1 saturated heterocycles. The number of halogens is 1. The lowest BCUT2D eigenvalue weighted by Gasteiger charge is -2.28. The van der Waals surface area contributed by atoms with Gasteiger partial charge in [0, 0.05) is 24.4 Å². The van der Waals surface area contributed by atoms with Crippen molar-refractivity contribution in [3.05, 3.63) is 53.1 Å². The molecule has 0 saturated carbocycles. The van der Waals surface area contributed by atoms with Gasteiger partial charge in [-0.1, -0.05) is 23.7 Å². The summed E-state index contributed by atoms with van der Waals surface area (Å²) in [7, 11) is -2.14. The van der Waals surface area contributed by atoms with Gasteiger partial charge < -0.3 is 10.1 Å². The number of rotatable bonds is 4. The first kappa shape index (κ1) is 20.9. The summed E-state index contributed by atoms with van der Waals surface area (Å²) >= 11 is 5.99. The van der Waals surface area contributed by atoms with Gasteiger partial charge in [-0.15, -0.1) is 0 Å². The van der Waals surface area contributed by atoms with E-state index in [0.717, 1.165) is 6.26 Å². The van der Waals surface area contributed by atoms with E-state index in [1.54, 1.807) is 30.3 Å². The summed E-state index contributed by atoms with van der Waals surface area (Å²) in [4.78, 5) is 25.8. The molecule has 0 atom stereocenters. The second kappa shape index (κ2) is 8.30. The fourth-order valence-corrected chi connectivity index (χ4v) is 4.15. The molecule has 0 bridgehead atoms. The van der Waals surface area contributed by atoms with Crippen molar-refractivity contribution in [2.75, 3.05) is 31.8 Å². The predicted octanol–water partition coefficient (Wildman–Crippen LogP) is 3.05. The van der Waals surface area contributed by atoms with Crippen LogP contribution < -0.4 is 10.1 Å². The highest BCUT2D eigenvalue weighted by Gasteiger charge is 2.33. The highest BCUT2D eigenvalue weighted by Crippen LogP contribution is 2.29. The van der Waals surface area contributed by atoms with E-state index in [0.29, 0.717) is 29.4 Å². The van der Waals surface area contributed by atoms with Gasteiger partial charge in [-0.3, -0.25) is 4.79 Å². The molecular formula is C19H20ClN3O5S. The van der Waals surface area contributed by atoms with Crippen molar-refractivity contribution in [1.29, 1.82) is 0 Å². The van der Waals surface area contributed by atoms with Crippen LogP contribution in [0.15, 0.2) is 47.4 Å². The zero-order valence-corrected chi connectivity index (χ0v) is 17.5. The Morgan fingerprint density at radius 3 is 2.48 bits per heavy atom. The van der Waals surface area contributed by atoms with Crippen LogP contribution in [0.5, 0.6) is 5.75 Å². The van der Waals surface area contributed by atoms with Gasteiger partial charge in [0.15, 0.2) is 9.84 Å². The van der Waals surface area contributed by atoms with E-state index in [1.807, 2.05) is 0 Å². The lowest BCUT2D eigenvalue weighted by Crippen LogP contribution is -2.47. The van der Waals surface area contributed by atoms with Gasteiger partial charge in [-0.05, 0) is 36.8 Å². The number of hydrogen-bond acceptors (Lipinski definition) is 5. The fraction of sp³-hybridized carbons (Fsp3) is 0.263. The molecule has 0 radical (unpaired) electrons. The second-order valence-corrected chi connectivity index (χ2v) is 8.87. The summed E-state index contributed by atoms with van der Waals surface area (Å²) in [6, 6.07) is 10.2. The lowest BCUT2D eigenvalue weighted by atomic mass is 10.2. The van der Waals surface area contributed by atoms with Gasteiger partial charge in [0.1, 0.15) is 5.75 Å². The van der Waals surface area contributed by atoms with E-state index in [1.165, 1.54) is 29.3 Å². The molecule has 3 rings (SSSR count). The van der Waals surface area contributed by atoms with Crippen LogP contribution in [0.1, 0.15) is 16.8 Å². The first-order valence-corrected chi connectivity index (χ1v) is 11.0. The van der Waals surface area contributed by atoms with Crippen LogP contribution in [0.4, 0.5) is 10.5 Å². The number of nitrogens with zero attached hydrogens (tertiary/aromatic N) is 2. The predicted molar refractivity (Wildman–Crippen MR) is 109 cm³/mol. The van der Waals surface area contributed by atoms with Crippen LogP contribution in [-0.4, -0.2) is 56.8 Å². The molecule has 1 aliphatic heterocycles. The van der Waals surface area contributed by atoms with E-state index in [-0.39, 0.29) is 17.0 Å². The molecule has 1 heterocycles. The number of carbonyl (C=O) groups is 2. The molecule has 1 aliphatic rings. The van der Waals surface area contributed by atoms with Gasteiger partial charge in [-0.2, -0.15) is 0 Å². The van der Waals surface area contributed by atoms with Gasteiger partial charge in [0.2, 0.25) is 0 Å². The highest BCUT2D eigenvalue weighted by atomic mass is 35.5. The standard InChI is InChI=1S/C19H20ClN3O5S/c1-28-16-9-8-13(20)12-15(16)21-19(25)23-11-5-10-22(23)18(24)14-6-3-4-7-17(14)29(2,26)27/h3-4,6-9,12H,5,10-11H2,1-2H3,(H,21,25). The van der Waals surface area contributed by atoms with Crippen molar-refractivity contribution in [2.45, 2.75) is 11.3 Å². The maximum atomic E-state index is 13.1. The van der Waals surface area contributed by atoms with E-state index < -0.39 is 21.8 Å². The van der Waals surface area contributed by atoms with Crippen LogP contribution in [0, 0.1) is 0 Å². The Morgan fingerprint density at radius 2 is 1.79 bits per heavy atom. The maximum Gasteiger partial charge on any atom is 0.340 e. The Labute approximate surface area is 173 Å². The topological polar surface area (TPSA) is 96.0 Å². The number of amides is 3. The SMILES string of the molecule is COc1ccc(Cl)cc1NC(=O)N1CCCN1C(=O)c1ccccc1S(C)(=O)=O. The third-order valence-corrected chi connectivity index (χ3v) is 5.81. The van der Waals surface area contributed by atoms with Crippen LogP contribution in [-0.2, 0) is 9.84 Å². The van der Waals surface area contributed by atoms with E-state index in [2.05, 4.69) is 5.32 Å². The minimum Gasteiger partial charge on any atom is -0.495 e. The fourth-order valence-electron chi connectivity index (χ4n) is 3.10. The van der Waals surface area contributed by atoms with E-state index in [9.17, 15) is 18.0 Å². The molecule has 29 heavy (non-hydrogen) atoms. The smallest absolute Gasteiger partial charge is 0.340 e. The number of methoxy groups -OCH3 is 1. The lowest BCUT2D eigenvalue weighted by molar-refractivity contribution is 0.0400. The molecule has 8 nitrogen and oxygen atoms in total. The van der Waals surface area contributed by atoms with Crippen molar-refractivity contribution in [1.82, 2.24) is 10.0 Å². The number of ether oxygens (including phenoxy) is 1. The summed E-state index contributed by atoms with van der Waals surface area (Å²) in [6.45, 7) is 0.596. The number of hydrazine groups is 1. The number of hydrogen-bond donors (Lipinski definition) is 1. The first-order chi connectivity index (χ1) is 13.7. The summed E-state index contributed by atoms with van der Waals surface area (Å²) in [6.07, 6.45) is 1.60. The number of benzene rings is 2. The molecule has 0 unspecified atom stereocenters. The molecule has 10 heteroatoms. The number of anilines is 1. The van der Waals surface area contributed by atoms with Crippen LogP contribution in [0.3, 0.4) is 0 Å². The zero-order chi connectivity index (χ0) is 21.2. The summed E-state index contributed by atoms with van der Waals surface area (Å²) in [5.41, 5.74) is 0.385. The first-order valence-electron chi connectivity index (χ1n) is 8.75. The molecule has 1 fully saturated rings. The Morgan fingerprint density at radius 1 is 1.10 bits per heavy atom. The van der Waals surface area contributed by atoms with Crippen molar-refractivity contribution >= 4 is 39.1 Å². The summed E-state index contributed by atoms with van der Waals surface area (Å²) in [5, 5.41) is 5.60. The van der Waals surface area contributed by atoms with Crippen molar-refractivity contribution in [3.8, 4) is 5.75 Å². The molecule has 0 aliphatic carbocycles. The Bertz CT molecular complexity index is 1060. The van der Waals surface area contributed by atoms with Gasteiger partial charge >= 0.3 is 6.03 Å². The highest BCUT2D eigenvalue weighted by molar-refractivity contribution is 7.90. The number of carbonyl (C=O) groups excluding carboxylic acids is 2. The third kappa shape index (κ3) is 4.46. The Balaban J connectivity index is 1.87. The van der Waals surface area contributed by atoms with Crippen LogP contribution >= 0.6 is 11.6 Å². The van der Waals surface area contributed by atoms with E-state index in [4.69, 9.17) is 16.3 Å². The zero-order valence-electron chi connectivity index (χ0n) is 15.9. The quantitative estimate of drug-likeness (QED) is 0.793. The minimum atomic E-state index is -3.61. The molecule has 2 aromatic rings. The van der Waals surface area contributed by atoms with Crippen LogP contribution in [0.25, 0.3) is 0 Å². The molecular weight excluding hydrogens is 418 g/mol. The van der Waals surface area contributed by atoms with Crippen molar-refractivity contribution in [2.24, 2.45) is 0 Å². The molecule has 3 amide bonds. The number of sulfone groups is 1. The average Bonchev–Trinajstić information content (AvgIpc) is 3.17. The number of nitrogens with one attached hydrogen (secondary N) is 1. The van der Waals surface area contributed by atoms with Crippen LogP contribution in [0.2, 0.25) is 5.02 Å². The molecule has 154 valence electrons. The number of urea groups is 1. The van der Waals surface area contributed by atoms with Gasteiger partial charge in [0.05, 0.1) is 23.3 Å². The van der Waals surface area contributed by atoms with Gasteiger partial charge in [-0.25, -0.2) is 23.2 Å². The Kier molecular flexibility index (Phi) is 5.99. The minimum absolute atomic E-state index is 0.0232. The largest absolute Gasteiger partial charge is 0.495 e. The maximum absolute atomic E-state index is 13.1. The van der Waals surface area contributed by atoms with Crippen molar-refractivity contribution in [3.63, 3.8) is 0 Å².